The van der Waals surface area contributed by atoms with Crippen LogP contribution in [0.15, 0.2) is 54.6 Å². The van der Waals surface area contributed by atoms with Crippen LogP contribution >= 0.6 is 11.6 Å². The summed E-state index contributed by atoms with van der Waals surface area (Å²) in [5.74, 6) is -0.346. The minimum atomic E-state index is -0.856. The maximum absolute atomic E-state index is 12.3. The molecule has 5 heteroatoms. The van der Waals surface area contributed by atoms with Crippen LogP contribution in [0.1, 0.15) is 17.2 Å². The lowest BCUT2D eigenvalue weighted by molar-refractivity contribution is -0.130. The second-order valence-corrected chi connectivity index (χ2v) is 5.16. The normalized spacial score (nSPS) is 18.0. The molecule has 1 aliphatic rings. The van der Waals surface area contributed by atoms with Gasteiger partial charge >= 0.3 is 6.09 Å². The number of amides is 2. The molecule has 21 heavy (non-hydrogen) atoms. The molecule has 0 aromatic heterocycles. The van der Waals surface area contributed by atoms with Gasteiger partial charge in [-0.05, 0) is 17.7 Å². The van der Waals surface area contributed by atoms with Crippen molar-refractivity contribution in [3.63, 3.8) is 0 Å². The molecular formula is C16H12ClNO3. The highest BCUT2D eigenvalue weighted by Gasteiger charge is 2.41. The van der Waals surface area contributed by atoms with Crippen LogP contribution in [0.25, 0.3) is 0 Å². The minimum Gasteiger partial charge on any atom is -0.431 e. The average Bonchev–Trinajstić information content (AvgIpc) is 2.78. The van der Waals surface area contributed by atoms with Gasteiger partial charge in [0.05, 0.1) is 6.54 Å². The molecule has 2 amide bonds. The van der Waals surface area contributed by atoms with Crippen LogP contribution in [-0.4, -0.2) is 16.9 Å². The molecule has 0 bridgehead atoms. The van der Waals surface area contributed by atoms with Crippen molar-refractivity contribution in [1.29, 1.82) is 0 Å². The second kappa shape index (κ2) is 5.58. The smallest absolute Gasteiger partial charge is 0.418 e. The summed E-state index contributed by atoms with van der Waals surface area (Å²) in [6, 6.07) is 16.0. The van der Waals surface area contributed by atoms with Crippen molar-refractivity contribution < 1.29 is 14.3 Å². The van der Waals surface area contributed by atoms with E-state index in [9.17, 15) is 9.59 Å². The van der Waals surface area contributed by atoms with Gasteiger partial charge in [-0.15, -0.1) is 0 Å². The Bertz CT molecular complexity index is 670. The molecule has 1 saturated heterocycles. The van der Waals surface area contributed by atoms with Crippen LogP contribution in [-0.2, 0) is 16.1 Å². The molecule has 1 fully saturated rings. The molecule has 0 saturated carbocycles. The maximum atomic E-state index is 12.3. The molecule has 1 aliphatic heterocycles. The van der Waals surface area contributed by atoms with Crippen molar-refractivity contribution in [3.05, 3.63) is 70.7 Å². The molecule has 1 atom stereocenters. The second-order valence-electron chi connectivity index (χ2n) is 4.73. The SMILES string of the molecule is O=C1O[C@H](c2ccccc2)C(=O)N1Cc1ccc(Cl)cc1. The van der Waals surface area contributed by atoms with Crippen molar-refractivity contribution in [3.8, 4) is 0 Å². The van der Waals surface area contributed by atoms with Gasteiger partial charge in [0.25, 0.3) is 5.91 Å². The summed E-state index contributed by atoms with van der Waals surface area (Å²) in [5, 5.41) is 0.608. The first-order valence-corrected chi connectivity index (χ1v) is 6.84. The van der Waals surface area contributed by atoms with Gasteiger partial charge in [0.2, 0.25) is 6.10 Å². The monoisotopic (exact) mass is 301 g/mol. The predicted octanol–water partition coefficient (Wildman–Crippen LogP) is 3.56. The van der Waals surface area contributed by atoms with E-state index >= 15 is 0 Å². The Balaban J connectivity index is 1.79. The number of carbonyl (C=O) groups is 2. The summed E-state index contributed by atoms with van der Waals surface area (Å²) in [7, 11) is 0. The zero-order valence-electron chi connectivity index (χ0n) is 11.0. The number of hydrogen-bond acceptors (Lipinski definition) is 3. The van der Waals surface area contributed by atoms with Gasteiger partial charge < -0.3 is 4.74 Å². The summed E-state index contributed by atoms with van der Waals surface area (Å²) in [4.78, 5) is 25.4. The van der Waals surface area contributed by atoms with Gasteiger partial charge in [-0.25, -0.2) is 9.69 Å². The predicted molar refractivity (Wildman–Crippen MR) is 77.7 cm³/mol. The molecular weight excluding hydrogens is 290 g/mol. The third-order valence-corrected chi connectivity index (χ3v) is 3.54. The lowest BCUT2D eigenvalue weighted by Crippen LogP contribution is -2.29. The number of imide groups is 1. The number of benzene rings is 2. The van der Waals surface area contributed by atoms with Crippen molar-refractivity contribution in [1.82, 2.24) is 4.90 Å². The zero-order valence-corrected chi connectivity index (χ0v) is 11.8. The van der Waals surface area contributed by atoms with Crippen molar-refractivity contribution in [2.24, 2.45) is 0 Å². The van der Waals surface area contributed by atoms with E-state index in [1.54, 1.807) is 48.5 Å². The zero-order chi connectivity index (χ0) is 14.8. The highest BCUT2D eigenvalue weighted by atomic mass is 35.5. The molecule has 2 aromatic rings. The summed E-state index contributed by atoms with van der Waals surface area (Å²) < 4.78 is 5.18. The Kier molecular flexibility index (Phi) is 3.62. The Hall–Kier alpha value is -2.33. The van der Waals surface area contributed by atoms with Gasteiger partial charge in [0.1, 0.15) is 0 Å². The summed E-state index contributed by atoms with van der Waals surface area (Å²) in [6.45, 7) is 0.179. The first-order valence-electron chi connectivity index (χ1n) is 6.46. The van der Waals surface area contributed by atoms with Gasteiger partial charge in [-0.2, -0.15) is 0 Å². The van der Waals surface area contributed by atoms with E-state index in [4.69, 9.17) is 16.3 Å². The number of hydrogen-bond donors (Lipinski definition) is 0. The summed E-state index contributed by atoms with van der Waals surface area (Å²) >= 11 is 5.82. The Morgan fingerprint density at radius 1 is 1.00 bits per heavy atom. The van der Waals surface area contributed by atoms with Gasteiger partial charge in [-0.3, -0.25) is 4.79 Å². The van der Waals surface area contributed by atoms with Gasteiger partial charge in [0.15, 0.2) is 0 Å². The van der Waals surface area contributed by atoms with Crippen molar-refractivity contribution in [2.45, 2.75) is 12.6 Å². The van der Waals surface area contributed by atoms with Crippen LogP contribution in [0.3, 0.4) is 0 Å². The quantitative estimate of drug-likeness (QED) is 0.871. The molecule has 0 radical (unpaired) electrons. The largest absolute Gasteiger partial charge is 0.431 e. The molecule has 1 heterocycles. The highest BCUT2D eigenvalue weighted by Crippen LogP contribution is 2.28. The molecule has 0 aliphatic carbocycles. The molecule has 2 aromatic carbocycles. The number of halogens is 1. The fraction of sp³-hybridized carbons (Fsp3) is 0.125. The van der Waals surface area contributed by atoms with Crippen molar-refractivity contribution in [2.75, 3.05) is 0 Å². The number of carbonyl (C=O) groups excluding carboxylic acids is 2. The van der Waals surface area contributed by atoms with E-state index in [0.29, 0.717) is 10.6 Å². The topological polar surface area (TPSA) is 46.6 Å². The van der Waals surface area contributed by atoms with Crippen LogP contribution in [0.2, 0.25) is 5.02 Å². The highest BCUT2D eigenvalue weighted by molar-refractivity contribution is 6.30. The number of cyclic esters (lactones) is 1. The van der Waals surface area contributed by atoms with Gasteiger partial charge in [-0.1, -0.05) is 54.1 Å². The first-order chi connectivity index (χ1) is 10.1. The molecule has 106 valence electrons. The molecule has 0 unspecified atom stereocenters. The minimum absolute atomic E-state index is 0.179. The lowest BCUT2D eigenvalue weighted by atomic mass is 10.1. The third-order valence-electron chi connectivity index (χ3n) is 3.29. The molecule has 4 nitrogen and oxygen atoms in total. The third kappa shape index (κ3) is 2.76. The molecule has 0 spiro atoms. The fourth-order valence-electron chi connectivity index (χ4n) is 2.20. The van der Waals surface area contributed by atoms with E-state index in [1.165, 1.54) is 0 Å². The number of nitrogens with zero attached hydrogens (tertiary/aromatic N) is 1. The maximum Gasteiger partial charge on any atom is 0.418 e. The summed E-state index contributed by atoms with van der Waals surface area (Å²) in [6.07, 6.45) is -1.48. The van der Waals surface area contributed by atoms with Crippen LogP contribution in [0.4, 0.5) is 4.79 Å². The van der Waals surface area contributed by atoms with E-state index < -0.39 is 12.2 Å². The fourth-order valence-corrected chi connectivity index (χ4v) is 2.33. The van der Waals surface area contributed by atoms with E-state index in [0.717, 1.165) is 10.5 Å². The first kappa shape index (κ1) is 13.6. The number of ether oxygens (including phenoxy) is 1. The standard InChI is InChI=1S/C16H12ClNO3/c17-13-8-6-11(7-9-13)10-18-15(19)14(21-16(18)20)12-4-2-1-3-5-12/h1-9,14H,10H2/t14-/m1/s1. The average molecular weight is 302 g/mol. The molecule has 3 rings (SSSR count). The molecule has 0 N–H and O–H groups in total. The van der Waals surface area contributed by atoms with E-state index in [1.807, 2.05) is 6.07 Å². The Morgan fingerprint density at radius 3 is 2.33 bits per heavy atom. The Labute approximate surface area is 126 Å². The van der Waals surface area contributed by atoms with Crippen LogP contribution in [0, 0.1) is 0 Å². The summed E-state index contributed by atoms with van der Waals surface area (Å²) in [5.41, 5.74) is 1.49. The van der Waals surface area contributed by atoms with Crippen LogP contribution in [0.5, 0.6) is 0 Å². The van der Waals surface area contributed by atoms with E-state index in [2.05, 4.69) is 0 Å². The van der Waals surface area contributed by atoms with Crippen molar-refractivity contribution >= 4 is 23.6 Å². The van der Waals surface area contributed by atoms with E-state index in [-0.39, 0.29) is 12.5 Å². The van der Waals surface area contributed by atoms with Gasteiger partial charge in [0, 0.05) is 10.6 Å². The van der Waals surface area contributed by atoms with Crippen LogP contribution < -0.4 is 0 Å². The Morgan fingerprint density at radius 2 is 1.67 bits per heavy atom. The lowest BCUT2D eigenvalue weighted by Gasteiger charge is -2.11. The number of rotatable bonds is 3.